The van der Waals surface area contributed by atoms with Crippen molar-refractivity contribution >= 4 is 22.8 Å². The smallest absolute Gasteiger partial charge is 0.322 e. The number of nitrogens with zero attached hydrogens (tertiary/aromatic N) is 2. The molecule has 1 aromatic carbocycles. The fourth-order valence-corrected chi connectivity index (χ4v) is 2.94. The molecule has 8 nitrogen and oxygen atoms in total. The van der Waals surface area contributed by atoms with Crippen molar-refractivity contribution in [2.45, 2.75) is 6.92 Å². The van der Waals surface area contributed by atoms with E-state index in [-0.39, 0.29) is 0 Å². The van der Waals surface area contributed by atoms with Gasteiger partial charge in [0.1, 0.15) is 17.9 Å². The number of aliphatic carboxylic acids is 1. The Labute approximate surface area is 153 Å². The van der Waals surface area contributed by atoms with Crippen LogP contribution in [0.5, 0.6) is 5.75 Å². The lowest BCUT2D eigenvalue weighted by Gasteiger charge is -2.13. The number of carbonyl (C=O) groups excluding carboxylic acids is 1. The van der Waals surface area contributed by atoms with Gasteiger partial charge in [0, 0.05) is 29.9 Å². The second-order valence-corrected chi connectivity index (χ2v) is 6.03. The van der Waals surface area contributed by atoms with Crippen molar-refractivity contribution in [3.8, 4) is 16.9 Å². The Morgan fingerprint density at radius 3 is 2.67 bits per heavy atom. The Kier molecular flexibility index (Phi) is 4.64. The SMILES string of the molecule is Cc1ncccc1-c1ccc2c(c1)c(O)c(C(=O)NCC(=O)O)c(=O)n2C. The van der Waals surface area contributed by atoms with Gasteiger partial charge in [0.25, 0.3) is 11.5 Å². The first kappa shape index (κ1) is 18.1. The first-order valence-corrected chi connectivity index (χ1v) is 8.09. The van der Waals surface area contributed by atoms with Crippen molar-refractivity contribution < 1.29 is 19.8 Å². The zero-order valence-electron chi connectivity index (χ0n) is 14.7. The van der Waals surface area contributed by atoms with Crippen molar-refractivity contribution in [2.75, 3.05) is 6.54 Å². The third-order valence-corrected chi connectivity index (χ3v) is 4.31. The Bertz CT molecular complexity index is 1130. The van der Waals surface area contributed by atoms with Crippen molar-refractivity contribution in [3.05, 3.63) is 58.1 Å². The van der Waals surface area contributed by atoms with Gasteiger partial charge in [-0.15, -0.1) is 0 Å². The number of benzene rings is 1. The first-order chi connectivity index (χ1) is 12.8. The fraction of sp³-hybridized carbons (Fsp3) is 0.158. The van der Waals surface area contributed by atoms with E-state index in [1.54, 1.807) is 30.5 Å². The number of aryl methyl sites for hydroxylation is 2. The van der Waals surface area contributed by atoms with E-state index in [1.165, 1.54) is 11.6 Å². The van der Waals surface area contributed by atoms with Gasteiger partial charge in [-0.25, -0.2) is 0 Å². The van der Waals surface area contributed by atoms with Crippen LogP contribution < -0.4 is 10.9 Å². The predicted molar refractivity (Wildman–Crippen MR) is 98.8 cm³/mol. The molecule has 0 atom stereocenters. The molecule has 3 rings (SSSR count). The maximum atomic E-state index is 12.5. The van der Waals surface area contributed by atoms with Crippen molar-refractivity contribution in [2.24, 2.45) is 7.05 Å². The molecule has 0 aliphatic rings. The van der Waals surface area contributed by atoms with E-state index in [4.69, 9.17) is 5.11 Å². The van der Waals surface area contributed by atoms with Gasteiger partial charge >= 0.3 is 5.97 Å². The zero-order valence-corrected chi connectivity index (χ0v) is 14.7. The van der Waals surface area contributed by atoms with Crippen LogP contribution in [0.2, 0.25) is 0 Å². The van der Waals surface area contributed by atoms with E-state index in [0.717, 1.165) is 16.8 Å². The molecule has 0 unspecified atom stereocenters. The normalized spacial score (nSPS) is 10.7. The number of carboxylic acid groups (broad SMARTS) is 1. The third-order valence-electron chi connectivity index (χ3n) is 4.31. The van der Waals surface area contributed by atoms with Gasteiger partial charge in [0.2, 0.25) is 0 Å². The number of hydrogen-bond acceptors (Lipinski definition) is 5. The maximum absolute atomic E-state index is 12.5. The first-order valence-electron chi connectivity index (χ1n) is 8.09. The number of nitrogens with one attached hydrogen (secondary N) is 1. The highest BCUT2D eigenvalue weighted by atomic mass is 16.4. The molecule has 27 heavy (non-hydrogen) atoms. The van der Waals surface area contributed by atoms with E-state index in [2.05, 4.69) is 10.3 Å². The highest BCUT2D eigenvalue weighted by Gasteiger charge is 2.22. The van der Waals surface area contributed by atoms with Crippen LogP contribution in [0, 0.1) is 6.92 Å². The van der Waals surface area contributed by atoms with E-state index >= 15 is 0 Å². The number of hydrogen-bond donors (Lipinski definition) is 3. The minimum absolute atomic E-state index is 0.304. The van der Waals surface area contributed by atoms with Gasteiger partial charge in [0.05, 0.1) is 5.52 Å². The molecule has 0 bridgehead atoms. The summed E-state index contributed by atoms with van der Waals surface area (Å²) in [5.74, 6) is -2.69. The molecular weight excluding hydrogens is 350 g/mol. The third kappa shape index (κ3) is 3.24. The van der Waals surface area contributed by atoms with Crippen molar-refractivity contribution in [1.82, 2.24) is 14.9 Å². The van der Waals surface area contributed by atoms with Crippen LogP contribution in [0.1, 0.15) is 16.1 Å². The summed E-state index contributed by atoms with van der Waals surface area (Å²) in [5, 5.41) is 21.7. The van der Waals surface area contributed by atoms with Crippen molar-refractivity contribution in [3.63, 3.8) is 0 Å². The second kappa shape index (κ2) is 6.91. The van der Waals surface area contributed by atoms with E-state index in [1.807, 2.05) is 13.0 Å². The summed E-state index contributed by atoms with van der Waals surface area (Å²) in [6.45, 7) is 1.19. The molecular formula is C19H17N3O5. The van der Waals surface area contributed by atoms with Crippen LogP contribution in [0.4, 0.5) is 0 Å². The van der Waals surface area contributed by atoms with Crippen LogP contribution >= 0.6 is 0 Å². The number of amides is 1. The number of carbonyl (C=O) groups is 2. The minimum Gasteiger partial charge on any atom is -0.506 e. The number of aromatic nitrogens is 2. The molecule has 3 aromatic rings. The van der Waals surface area contributed by atoms with E-state index < -0.39 is 35.3 Å². The predicted octanol–water partition coefficient (Wildman–Crippen LogP) is 1.43. The van der Waals surface area contributed by atoms with Crippen LogP contribution in [0.3, 0.4) is 0 Å². The fourth-order valence-electron chi connectivity index (χ4n) is 2.94. The number of fused-ring (bicyclic) bond motifs is 1. The number of rotatable bonds is 4. The Morgan fingerprint density at radius 1 is 1.26 bits per heavy atom. The molecule has 1 amide bonds. The van der Waals surface area contributed by atoms with Gasteiger partial charge in [-0.2, -0.15) is 0 Å². The summed E-state index contributed by atoms with van der Waals surface area (Å²) in [6.07, 6.45) is 1.67. The number of aromatic hydroxyl groups is 1. The van der Waals surface area contributed by atoms with Crippen LogP contribution in [0.25, 0.3) is 22.0 Å². The highest BCUT2D eigenvalue weighted by Crippen LogP contribution is 2.31. The molecule has 138 valence electrons. The summed E-state index contributed by atoms with van der Waals surface area (Å²) in [5.41, 5.74) is 1.64. The van der Waals surface area contributed by atoms with Crippen molar-refractivity contribution in [1.29, 1.82) is 0 Å². The number of carboxylic acids is 1. The van der Waals surface area contributed by atoms with Crippen LogP contribution in [-0.2, 0) is 11.8 Å². The summed E-state index contributed by atoms with van der Waals surface area (Å²) in [6, 6.07) is 8.82. The Balaban J connectivity index is 2.22. The van der Waals surface area contributed by atoms with Gasteiger partial charge < -0.3 is 20.1 Å². The minimum atomic E-state index is -1.25. The monoisotopic (exact) mass is 367 g/mol. The van der Waals surface area contributed by atoms with Gasteiger partial charge in [0.15, 0.2) is 0 Å². The molecule has 0 radical (unpaired) electrons. The molecule has 3 N–H and O–H groups in total. The molecule has 0 fully saturated rings. The standard InChI is InChI=1S/C19H17N3O5/c1-10-12(4-3-7-20-10)11-5-6-14-13(8-11)17(25)16(19(27)22(14)2)18(26)21-9-15(23)24/h3-8,25H,9H2,1-2H3,(H,21,26)(H,23,24). The summed E-state index contributed by atoms with van der Waals surface area (Å²) < 4.78 is 1.24. The van der Waals surface area contributed by atoms with E-state index in [0.29, 0.717) is 10.9 Å². The summed E-state index contributed by atoms with van der Waals surface area (Å²) in [7, 11) is 1.48. The lowest BCUT2D eigenvalue weighted by molar-refractivity contribution is -0.135. The average Bonchev–Trinajstić information content (AvgIpc) is 2.64. The number of pyridine rings is 2. The molecule has 0 saturated carbocycles. The highest BCUT2D eigenvalue weighted by molar-refractivity contribution is 6.03. The van der Waals surface area contributed by atoms with Crippen LogP contribution in [0.15, 0.2) is 41.3 Å². The Morgan fingerprint density at radius 2 is 2.00 bits per heavy atom. The maximum Gasteiger partial charge on any atom is 0.322 e. The lowest BCUT2D eigenvalue weighted by atomic mass is 10.0. The van der Waals surface area contributed by atoms with E-state index in [9.17, 15) is 19.5 Å². The molecule has 0 saturated heterocycles. The molecule has 2 heterocycles. The Hall–Kier alpha value is -3.68. The van der Waals surface area contributed by atoms with Gasteiger partial charge in [-0.1, -0.05) is 12.1 Å². The molecule has 8 heteroatoms. The topological polar surface area (TPSA) is 122 Å². The second-order valence-electron chi connectivity index (χ2n) is 6.03. The molecule has 2 aromatic heterocycles. The quantitative estimate of drug-likeness (QED) is 0.641. The summed E-state index contributed by atoms with van der Waals surface area (Å²) in [4.78, 5) is 39.6. The largest absolute Gasteiger partial charge is 0.506 e. The van der Waals surface area contributed by atoms with Gasteiger partial charge in [-0.05, 0) is 30.7 Å². The van der Waals surface area contributed by atoms with Crippen LogP contribution in [-0.4, -0.2) is 38.2 Å². The lowest BCUT2D eigenvalue weighted by Crippen LogP contribution is -2.35. The molecule has 0 spiro atoms. The zero-order chi connectivity index (χ0) is 19.7. The molecule has 0 aliphatic carbocycles. The summed E-state index contributed by atoms with van der Waals surface area (Å²) >= 11 is 0. The molecule has 0 aliphatic heterocycles. The average molecular weight is 367 g/mol. The van der Waals surface area contributed by atoms with Gasteiger partial charge in [-0.3, -0.25) is 19.4 Å².